The van der Waals surface area contributed by atoms with Crippen molar-refractivity contribution in [2.75, 3.05) is 13.2 Å². The lowest BCUT2D eigenvalue weighted by molar-refractivity contribution is 0.0962. The molecule has 0 saturated heterocycles. The van der Waals surface area contributed by atoms with Gasteiger partial charge in [0.15, 0.2) is 0 Å². The van der Waals surface area contributed by atoms with Gasteiger partial charge < -0.3 is 10.5 Å². The number of nitrogens with two attached hydrogens (primary N) is 1. The fourth-order valence-electron chi connectivity index (χ4n) is 1.08. The summed E-state index contributed by atoms with van der Waals surface area (Å²) in [5.41, 5.74) is 5.73. The molecule has 2 heteroatoms. The van der Waals surface area contributed by atoms with E-state index in [0.717, 1.165) is 12.8 Å². The Kier molecular flexibility index (Phi) is 5.68. The molecule has 0 aliphatic carbocycles. The van der Waals surface area contributed by atoms with E-state index in [9.17, 15) is 0 Å². The van der Waals surface area contributed by atoms with Crippen LogP contribution in [-0.2, 0) is 4.74 Å². The monoisotopic (exact) mass is 169 g/mol. The first-order chi connectivity index (χ1) is 5.68. The lowest BCUT2D eigenvalue weighted by Crippen LogP contribution is -2.43. The van der Waals surface area contributed by atoms with Crippen molar-refractivity contribution < 1.29 is 4.74 Å². The van der Waals surface area contributed by atoms with Crippen molar-refractivity contribution in [1.29, 1.82) is 0 Å². The highest BCUT2D eigenvalue weighted by atomic mass is 16.5. The third kappa shape index (κ3) is 4.31. The van der Waals surface area contributed by atoms with Crippen LogP contribution in [0.3, 0.4) is 0 Å². The van der Waals surface area contributed by atoms with Gasteiger partial charge in [-0.15, -0.1) is 13.2 Å². The molecule has 0 aliphatic rings. The van der Waals surface area contributed by atoms with Gasteiger partial charge in [-0.3, -0.25) is 0 Å². The molecule has 0 aliphatic heterocycles. The fourth-order valence-corrected chi connectivity index (χ4v) is 1.08. The summed E-state index contributed by atoms with van der Waals surface area (Å²) in [6.45, 7) is 10.6. The molecule has 0 radical (unpaired) electrons. The van der Waals surface area contributed by atoms with Crippen molar-refractivity contribution in [2.24, 2.45) is 5.73 Å². The number of hydrogen-bond donors (Lipinski definition) is 1. The van der Waals surface area contributed by atoms with E-state index in [1.807, 2.05) is 19.1 Å². The molecule has 0 bridgehead atoms. The predicted molar refractivity (Wildman–Crippen MR) is 53.0 cm³/mol. The standard InChI is InChI=1S/C10H19NO/c1-4-7-10(11,8-5-2)9-12-6-3/h4-5H,1-2,6-9,11H2,3H3. The predicted octanol–water partition coefficient (Wildman–Crippen LogP) is 1.87. The van der Waals surface area contributed by atoms with E-state index >= 15 is 0 Å². The van der Waals surface area contributed by atoms with E-state index in [1.165, 1.54) is 0 Å². The fraction of sp³-hybridized carbons (Fsp3) is 0.600. The van der Waals surface area contributed by atoms with Gasteiger partial charge in [0.1, 0.15) is 0 Å². The third-order valence-electron chi connectivity index (χ3n) is 1.70. The van der Waals surface area contributed by atoms with E-state index in [2.05, 4.69) is 13.2 Å². The molecule has 0 saturated carbocycles. The Hall–Kier alpha value is -0.600. The summed E-state index contributed by atoms with van der Waals surface area (Å²) >= 11 is 0. The lowest BCUT2D eigenvalue weighted by Gasteiger charge is -2.26. The van der Waals surface area contributed by atoms with Gasteiger partial charge in [0.2, 0.25) is 0 Å². The molecule has 0 aromatic carbocycles. The van der Waals surface area contributed by atoms with Crippen molar-refractivity contribution in [3.8, 4) is 0 Å². The van der Waals surface area contributed by atoms with Crippen LogP contribution in [-0.4, -0.2) is 18.8 Å². The average Bonchev–Trinajstić information content (AvgIpc) is 2.02. The van der Waals surface area contributed by atoms with Gasteiger partial charge in [0.25, 0.3) is 0 Å². The summed E-state index contributed by atoms with van der Waals surface area (Å²) < 4.78 is 5.28. The maximum absolute atomic E-state index is 6.04. The van der Waals surface area contributed by atoms with Crippen LogP contribution in [0.5, 0.6) is 0 Å². The zero-order valence-corrected chi connectivity index (χ0v) is 7.88. The van der Waals surface area contributed by atoms with Crippen LogP contribution in [0.1, 0.15) is 19.8 Å². The highest BCUT2D eigenvalue weighted by Gasteiger charge is 2.21. The van der Waals surface area contributed by atoms with Crippen LogP contribution in [0.2, 0.25) is 0 Å². The van der Waals surface area contributed by atoms with Gasteiger partial charge in [-0.2, -0.15) is 0 Å². The van der Waals surface area contributed by atoms with E-state index in [-0.39, 0.29) is 5.54 Å². The first-order valence-electron chi connectivity index (χ1n) is 4.27. The maximum atomic E-state index is 6.04. The second-order valence-electron chi connectivity index (χ2n) is 2.99. The maximum Gasteiger partial charge on any atom is 0.0652 e. The molecule has 0 atom stereocenters. The molecule has 2 N–H and O–H groups in total. The minimum Gasteiger partial charge on any atom is -0.380 e. The largest absolute Gasteiger partial charge is 0.380 e. The van der Waals surface area contributed by atoms with E-state index in [4.69, 9.17) is 10.5 Å². The summed E-state index contributed by atoms with van der Waals surface area (Å²) in [4.78, 5) is 0. The van der Waals surface area contributed by atoms with Gasteiger partial charge in [0.05, 0.1) is 6.61 Å². The van der Waals surface area contributed by atoms with Gasteiger partial charge in [-0.25, -0.2) is 0 Å². The Morgan fingerprint density at radius 1 is 1.33 bits per heavy atom. The minimum atomic E-state index is -0.306. The topological polar surface area (TPSA) is 35.2 Å². The second kappa shape index (κ2) is 5.98. The molecule has 0 spiro atoms. The van der Waals surface area contributed by atoms with E-state index in [1.54, 1.807) is 0 Å². The zero-order valence-electron chi connectivity index (χ0n) is 7.88. The van der Waals surface area contributed by atoms with Crippen LogP contribution in [0, 0.1) is 0 Å². The Balaban J connectivity index is 3.96. The molecular formula is C10H19NO. The van der Waals surface area contributed by atoms with Crippen LogP contribution >= 0.6 is 0 Å². The quantitative estimate of drug-likeness (QED) is 0.590. The second-order valence-corrected chi connectivity index (χ2v) is 2.99. The smallest absolute Gasteiger partial charge is 0.0652 e. The van der Waals surface area contributed by atoms with Crippen LogP contribution in [0.4, 0.5) is 0 Å². The van der Waals surface area contributed by atoms with Crippen molar-refractivity contribution >= 4 is 0 Å². The Labute approximate surface area is 75.1 Å². The molecule has 0 unspecified atom stereocenters. The number of ether oxygens (including phenoxy) is 1. The zero-order chi connectivity index (χ0) is 9.45. The van der Waals surface area contributed by atoms with Crippen molar-refractivity contribution in [3.63, 3.8) is 0 Å². The molecule has 0 amide bonds. The van der Waals surface area contributed by atoms with Crippen LogP contribution in [0.15, 0.2) is 25.3 Å². The molecule has 0 rings (SSSR count). The van der Waals surface area contributed by atoms with Crippen molar-refractivity contribution in [2.45, 2.75) is 25.3 Å². The molecule has 12 heavy (non-hydrogen) atoms. The summed E-state index contributed by atoms with van der Waals surface area (Å²) in [6.07, 6.45) is 5.17. The molecule has 0 heterocycles. The minimum absolute atomic E-state index is 0.306. The number of rotatable bonds is 7. The number of hydrogen-bond acceptors (Lipinski definition) is 2. The average molecular weight is 169 g/mol. The first-order valence-corrected chi connectivity index (χ1v) is 4.27. The van der Waals surface area contributed by atoms with Gasteiger partial charge in [-0.1, -0.05) is 12.2 Å². The SMILES string of the molecule is C=CCC(N)(CC=C)COCC. The van der Waals surface area contributed by atoms with Crippen LogP contribution in [0.25, 0.3) is 0 Å². The summed E-state index contributed by atoms with van der Waals surface area (Å²) in [5.74, 6) is 0. The Bertz CT molecular complexity index is 133. The summed E-state index contributed by atoms with van der Waals surface area (Å²) in [7, 11) is 0. The Morgan fingerprint density at radius 3 is 2.17 bits per heavy atom. The molecule has 0 aromatic heterocycles. The van der Waals surface area contributed by atoms with Crippen molar-refractivity contribution in [1.82, 2.24) is 0 Å². The first kappa shape index (κ1) is 11.4. The van der Waals surface area contributed by atoms with Gasteiger partial charge in [0, 0.05) is 12.1 Å². The summed E-state index contributed by atoms with van der Waals surface area (Å²) in [5, 5.41) is 0. The van der Waals surface area contributed by atoms with Crippen LogP contribution < -0.4 is 5.73 Å². The lowest BCUT2D eigenvalue weighted by atomic mass is 9.93. The highest BCUT2D eigenvalue weighted by Crippen LogP contribution is 2.13. The van der Waals surface area contributed by atoms with E-state index < -0.39 is 0 Å². The van der Waals surface area contributed by atoms with Crippen molar-refractivity contribution in [3.05, 3.63) is 25.3 Å². The van der Waals surface area contributed by atoms with Gasteiger partial charge in [-0.05, 0) is 19.8 Å². The molecule has 2 nitrogen and oxygen atoms in total. The Morgan fingerprint density at radius 2 is 1.83 bits per heavy atom. The van der Waals surface area contributed by atoms with Gasteiger partial charge >= 0.3 is 0 Å². The molecular weight excluding hydrogens is 150 g/mol. The van der Waals surface area contributed by atoms with E-state index in [0.29, 0.717) is 13.2 Å². The summed E-state index contributed by atoms with van der Waals surface area (Å²) in [6, 6.07) is 0. The highest BCUT2D eigenvalue weighted by molar-refractivity contribution is 4.95. The normalized spacial score (nSPS) is 11.2. The molecule has 70 valence electrons. The molecule has 0 aromatic rings. The third-order valence-corrected chi connectivity index (χ3v) is 1.70. The molecule has 0 fully saturated rings.